The number of anilines is 1. The van der Waals surface area contributed by atoms with Gasteiger partial charge in [-0.15, -0.1) is 0 Å². The molecule has 0 unspecified atom stereocenters. The zero-order chi connectivity index (χ0) is 21.6. The first kappa shape index (κ1) is 22.0. The maximum absolute atomic E-state index is 12.6. The van der Waals surface area contributed by atoms with Crippen molar-refractivity contribution in [3.63, 3.8) is 0 Å². The number of hydrogen-bond acceptors (Lipinski definition) is 7. The van der Waals surface area contributed by atoms with Gasteiger partial charge in [0.15, 0.2) is 0 Å². The van der Waals surface area contributed by atoms with Crippen molar-refractivity contribution in [1.29, 1.82) is 0 Å². The van der Waals surface area contributed by atoms with E-state index in [0.29, 0.717) is 5.56 Å². The number of carboxylic acids is 1. The van der Waals surface area contributed by atoms with Gasteiger partial charge in [-0.05, 0) is 18.2 Å². The molecule has 0 radical (unpaired) electrons. The van der Waals surface area contributed by atoms with Crippen LogP contribution in [0.4, 0.5) is 11.4 Å². The van der Waals surface area contributed by atoms with Crippen molar-refractivity contribution < 1.29 is 23.2 Å². The molecule has 0 aliphatic rings. The molecule has 0 amide bonds. The van der Waals surface area contributed by atoms with E-state index < -0.39 is 26.6 Å². The molecule has 0 saturated carbocycles. The van der Waals surface area contributed by atoms with Gasteiger partial charge in [-0.25, -0.2) is 13.2 Å². The average Bonchev–Trinajstić information content (AvgIpc) is 2.68. The van der Waals surface area contributed by atoms with Crippen molar-refractivity contribution in [2.75, 3.05) is 18.5 Å². The number of nitro groups is 1. The fourth-order valence-electron chi connectivity index (χ4n) is 2.61. The second-order valence-corrected chi connectivity index (χ2v) is 7.73. The number of hydrazone groups is 1. The predicted molar refractivity (Wildman–Crippen MR) is 108 cm³/mol. The fraction of sp³-hybridized carbons (Fsp3) is 0.222. The summed E-state index contributed by atoms with van der Waals surface area (Å²) < 4.78 is 26.4. The molecule has 0 bridgehead atoms. The number of carboxylic acid groups (broad SMARTS) is 1. The van der Waals surface area contributed by atoms with E-state index >= 15 is 0 Å². The summed E-state index contributed by atoms with van der Waals surface area (Å²) in [4.78, 5) is 21.7. The van der Waals surface area contributed by atoms with E-state index in [9.17, 15) is 23.3 Å². The molecule has 2 rings (SSSR count). The normalized spacial score (nSPS) is 11.7. The van der Waals surface area contributed by atoms with Crippen LogP contribution in [0, 0.1) is 10.1 Å². The highest BCUT2D eigenvalue weighted by molar-refractivity contribution is 7.89. The van der Waals surface area contributed by atoms with Gasteiger partial charge in [0.25, 0.3) is 5.69 Å². The molecule has 29 heavy (non-hydrogen) atoms. The number of benzene rings is 2. The smallest absolute Gasteiger partial charge is 0.336 e. The Morgan fingerprint density at radius 2 is 1.90 bits per heavy atom. The Bertz CT molecular complexity index is 1050. The number of carbonyl (C=O) groups is 1. The minimum atomic E-state index is -3.86. The van der Waals surface area contributed by atoms with Gasteiger partial charge < -0.3 is 5.11 Å². The Morgan fingerprint density at radius 1 is 1.24 bits per heavy atom. The number of nitro benzene ring substituents is 1. The minimum absolute atomic E-state index is 0.0215. The molecule has 0 heterocycles. The molecule has 0 aliphatic carbocycles. The maximum atomic E-state index is 12.6. The van der Waals surface area contributed by atoms with Crippen LogP contribution in [0.3, 0.4) is 0 Å². The summed E-state index contributed by atoms with van der Waals surface area (Å²) in [7, 11) is -3.86. The Hall–Kier alpha value is -3.31. The Morgan fingerprint density at radius 3 is 2.48 bits per heavy atom. The Labute approximate surface area is 167 Å². The van der Waals surface area contributed by atoms with Gasteiger partial charge in [0, 0.05) is 24.7 Å². The minimum Gasteiger partial charge on any atom is -0.478 e. The summed E-state index contributed by atoms with van der Waals surface area (Å²) in [6.45, 7) is 3.82. The molecule has 0 spiro atoms. The quantitative estimate of drug-likeness (QED) is 0.361. The zero-order valence-corrected chi connectivity index (χ0v) is 16.6. The molecule has 2 aromatic carbocycles. The van der Waals surface area contributed by atoms with Crippen LogP contribution in [-0.4, -0.2) is 48.0 Å². The monoisotopic (exact) mass is 420 g/mol. The molecule has 0 atom stereocenters. The van der Waals surface area contributed by atoms with Crippen molar-refractivity contribution in [3.8, 4) is 0 Å². The van der Waals surface area contributed by atoms with Crippen LogP contribution in [0.2, 0.25) is 0 Å². The van der Waals surface area contributed by atoms with Crippen LogP contribution >= 0.6 is 0 Å². The number of nitrogens with one attached hydrogen (secondary N) is 1. The molecule has 2 aromatic rings. The van der Waals surface area contributed by atoms with Gasteiger partial charge in [-0.2, -0.15) is 9.41 Å². The lowest BCUT2D eigenvalue weighted by Gasteiger charge is -2.18. The highest BCUT2D eigenvalue weighted by Crippen LogP contribution is 2.29. The number of aromatic carboxylic acids is 1. The zero-order valence-electron chi connectivity index (χ0n) is 15.8. The van der Waals surface area contributed by atoms with Crippen LogP contribution in [-0.2, 0) is 10.0 Å². The highest BCUT2D eigenvalue weighted by Gasteiger charge is 2.25. The van der Waals surface area contributed by atoms with Crippen LogP contribution in [0.25, 0.3) is 0 Å². The Kier molecular flexibility index (Phi) is 7.02. The molecule has 154 valence electrons. The summed E-state index contributed by atoms with van der Waals surface area (Å²) >= 11 is 0. The summed E-state index contributed by atoms with van der Waals surface area (Å²) in [6.07, 6.45) is 1.22. The van der Waals surface area contributed by atoms with Gasteiger partial charge in [0.2, 0.25) is 10.0 Å². The van der Waals surface area contributed by atoms with E-state index in [1.165, 1.54) is 34.8 Å². The van der Waals surface area contributed by atoms with Crippen LogP contribution < -0.4 is 5.43 Å². The summed E-state index contributed by atoms with van der Waals surface area (Å²) in [5.74, 6) is -1.14. The third-order valence-corrected chi connectivity index (χ3v) is 6.13. The summed E-state index contributed by atoms with van der Waals surface area (Å²) in [5.41, 5.74) is 2.29. The van der Waals surface area contributed by atoms with E-state index in [0.717, 1.165) is 6.07 Å². The van der Waals surface area contributed by atoms with E-state index in [1.54, 1.807) is 26.0 Å². The molecule has 0 fully saturated rings. The lowest BCUT2D eigenvalue weighted by atomic mass is 10.1. The second-order valence-electron chi connectivity index (χ2n) is 5.79. The molecule has 0 saturated heterocycles. The molecule has 10 nitrogen and oxygen atoms in total. The number of hydrogen-bond donors (Lipinski definition) is 2. The predicted octanol–water partition coefficient (Wildman–Crippen LogP) is 2.77. The summed E-state index contributed by atoms with van der Waals surface area (Å²) in [6, 6.07) is 9.59. The van der Waals surface area contributed by atoms with Gasteiger partial charge in [-0.1, -0.05) is 32.0 Å². The number of nitrogens with zero attached hydrogens (tertiary/aromatic N) is 3. The number of rotatable bonds is 9. The third kappa shape index (κ3) is 4.95. The van der Waals surface area contributed by atoms with Crippen LogP contribution in [0.5, 0.6) is 0 Å². The van der Waals surface area contributed by atoms with Crippen molar-refractivity contribution in [3.05, 3.63) is 63.7 Å². The molecule has 11 heteroatoms. The maximum Gasteiger partial charge on any atom is 0.336 e. The van der Waals surface area contributed by atoms with E-state index in [-0.39, 0.29) is 29.2 Å². The molecular formula is C18H20N4O6S. The van der Waals surface area contributed by atoms with Crippen molar-refractivity contribution in [1.82, 2.24) is 4.31 Å². The summed E-state index contributed by atoms with van der Waals surface area (Å²) in [5, 5.41) is 24.4. The molecule has 0 aliphatic heterocycles. The van der Waals surface area contributed by atoms with Crippen LogP contribution in [0.1, 0.15) is 29.8 Å². The van der Waals surface area contributed by atoms with Gasteiger partial charge in [0.05, 0.1) is 21.6 Å². The van der Waals surface area contributed by atoms with Gasteiger partial charge >= 0.3 is 5.97 Å². The fourth-order valence-corrected chi connectivity index (χ4v) is 4.08. The van der Waals surface area contributed by atoms with Crippen molar-refractivity contribution in [2.24, 2.45) is 5.10 Å². The van der Waals surface area contributed by atoms with E-state index in [1.807, 2.05) is 0 Å². The SMILES string of the molecule is CCN(CC)S(=O)(=O)c1ccc(NN=Cc2ccccc2C(=O)O)c([N+](=O)[O-])c1. The molecule has 0 aromatic heterocycles. The third-order valence-electron chi connectivity index (χ3n) is 4.09. The molecule has 2 N–H and O–H groups in total. The van der Waals surface area contributed by atoms with Crippen LogP contribution in [0.15, 0.2) is 52.5 Å². The number of sulfonamides is 1. The first-order valence-electron chi connectivity index (χ1n) is 8.62. The Balaban J connectivity index is 2.36. The van der Waals surface area contributed by atoms with E-state index in [2.05, 4.69) is 10.5 Å². The van der Waals surface area contributed by atoms with Crippen molar-refractivity contribution >= 4 is 33.6 Å². The lowest BCUT2D eigenvalue weighted by Crippen LogP contribution is -2.30. The van der Waals surface area contributed by atoms with E-state index in [4.69, 9.17) is 5.11 Å². The average molecular weight is 420 g/mol. The largest absolute Gasteiger partial charge is 0.478 e. The highest BCUT2D eigenvalue weighted by atomic mass is 32.2. The lowest BCUT2D eigenvalue weighted by molar-refractivity contribution is -0.384. The first-order valence-corrected chi connectivity index (χ1v) is 10.1. The first-order chi connectivity index (χ1) is 13.7. The molecular weight excluding hydrogens is 400 g/mol. The van der Waals surface area contributed by atoms with Gasteiger partial charge in [-0.3, -0.25) is 15.5 Å². The van der Waals surface area contributed by atoms with Crippen molar-refractivity contribution in [2.45, 2.75) is 18.7 Å². The topological polar surface area (TPSA) is 142 Å². The standard InChI is InChI=1S/C18H20N4O6S/c1-3-21(4-2)29(27,28)14-9-10-16(17(11-14)22(25)26)20-19-12-13-7-5-6-8-15(13)18(23)24/h5-12,20H,3-4H2,1-2H3,(H,23,24). The second kappa shape index (κ2) is 9.26. The van der Waals surface area contributed by atoms with Gasteiger partial charge in [0.1, 0.15) is 5.69 Å².